The number of nitrogens with one attached hydrogen (secondary N) is 1. The lowest BCUT2D eigenvalue weighted by Crippen LogP contribution is -1.76. The van der Waals surface area contributed by atoms with E-state index in [1.165, 1.54) is 0 Å². The second kappa shape index (κ2) is 3.56. The van der Waals surface area contributed by atoms with Crippen molar-refractivity contribution in [1.82, 2.24) is 4.98 Å². The van der Waals surface area contributed by atoms with Gasteiger partial charge in [-0.3, -0.25) is 0 Å². The second-order valence-corrected chi connectivity index (χ2v) is 4.05. The van der Waals surface area contributed by atoms with Gasteiger partial charge in [-0.05, 0) is 24.3 Å². The van der Waals surface area contributed by atoms with Gasteiger partial charge < -0.3 is 4.98 Å². The Morgan fingerprint density at radius 3 is 2.77 bits per heavy atom. The third kappa shape index (κ3) is 1.79. The molecular formula is C10H7BrClN. The summed E-state index contributed by atoms with van der Waals surface area (Å²) in [4.78, 5) is 3.00. The lowest BCUT2D eigenvalue weighted by atomic mass is 10.1. The zero-order valence-corrected chi connectivity index (χ0v) is 9.06. The monoisotopic (exact) mass is 255 g/mol. The Kier molecular flexibility index (Phi) is 2.42. The van der Waals surface area contributed by atoms with E-state index in [0.29, 0.717) is 0 Å². The number of benzene rings is 1. The highest BCUT2D eigenvalue weighted by molar-refractivity contribution is 9.10. The predicted octanol–water partition coefficient (Wildman–Crippen LogP) is 4.10. The highest BCUT2D eigenvalue weighted by atomic mass is 79.9. The molecule has 1 aromatic heterocycles. The van der Waals surface area contributed by atoms with Crippen molar-refractivity contribution in [2.24, 2.45) is 0 Å². The fourth-order valence-electron chi connectivity index (χ4n) is 1.21. The fourth-order valence-corrected chi connectivity index (χ4v) is 1.80. The summed E-state index contributed by atoms with van der Waals surface area (Å²) in [5.74, 6) is 0. The summed E-state index contributed by atoms with van der Waals surface area (Å²) in [6.45, 7) is 0. The van der Waals surface area contributed by atoms with Gasteiger partial charge in [0.2, 0.25) is 0 Å². The van der Waals surface area contributed by atoms with Crippen molar-refractivity contribution >= 4 is 27.5 Å². The molecule has 0 atom stereocenters. The van der Waals surface area contributed by atoms with E-state index in [1.54, 1.807) is 0 Å². The summed E-state index contributed by atoms with van der Waals surface area (Å²) in [6.07, 6.45) is 3.81. The summed E-state index contributed by atoms with van der Waals surface area (Å²) >= 11 is 9.47. The highest BCUT2D eigenvalue weighted by Gasteiger charge is 2.03. The van der Waals surface area contributed by atoms with E-state index in [4.69, 9.17) is 11.6 Å². The largest absolute Gasteiger partial charge is 0.367 e. The molecular weight excluding hydrogens is 249 g/mol. The summed E-state index contributed by atoms with van der Waals surface area (Å²) in [5, 5.41) is 0.766. The van der Waals surface area contributed by atoms with Crippen LogP contribution in [-0.2, 0) is 0 Å². The predicted molar refractivity (Wildman–Crippen MR) is 58.9 cm³/mol. The number of H-pyrrole nitrogens is 1. The molecule has 0 aliphatic rings. The minimum Gasteiger partial charge on any atom is -0.367 e. The van der Waals surface area contributed by atoms with E-state index in [0.717, 1.165) is 20.6 Å². The first-order valence-electron chi connectivity index (χ1n) is 3.85. The Morgan fingerprint density at radius 2 is 2.08 bits per heavy atom. The van der Waals surface area contributed by atoms with Crippen LogP contribution >= 0.6 is 27.5 Å². The van der Waals surface area contributed by atoms with Crippen LogP contribution in [0.1, 0.15) is 0 Å². The zero-order valence-electron chi connectivity index (χ0n) is 6.72. The Morgan fingerprint density at radius 1 is 1.23 bits per heavy atom. The molecule has 13 heavy (non-hydrogen) atoms. The van der Waals surface area contributed by atoms with Gasteiger partial charge in [-0.25, -0.2) is 0 Å². The molecule has 3 heteroatoms. The molecule has 0 bridgehead atoms. The van der Waals surface area contributed by atoms with Crippen LogP contribution < -0.4 is 0 Å². The van der Waals surface area contributed by atoms with Crippen LogP contribution in [0.15, 0.2) is 41.1 Å². The molecule has 0 saturated carbocycles. The number of hydrogen-bond donors (Lipinski definition) is 1. The smallest absolute Gasteiger partial charge is 0.0485 e. The van der Waals surface area contributed by atoms with Gasteiger partial charge in [0.25, 0.3) is 0 Å². The molecule has 0 aliphatic carbocycles. The fraction of sp³-hybridized carbons (Fsp3) is 0. The molecule has 0 unspecified atom stereocenters. The molecule has 0 amide bonds. The van der Waals surface area contributed by atoms with Gasteiger partial charge in [0.05, 0.1) is 0 Å². The second-order valence-electron chi connectivity index (χ2n) is 2.72. The molecule has 1 nitrogen and oxygen atoms in total. The van der Waals surface area contributed by atoms with Gasteiger partial charge >= 0.3 is 0 Å². The number of aromatic nitrogens is 1. The van der Waals surface area contributed by atoms with Crippen molar-refractivity contribution in [2.75, 3.05) is 0 Å². The van der Waals surface area contributed by atoms with E-state index in [2.05, 4.69) is 20.9 Å². The first-order chi connectivity index (χ1) is 6.27. The maximum absolute atomic E-state index is 6.05. The Labute approximate surface area is 89.9 Å². The third-order valence-electron chi connectivity index (χ3n) is 1.84. The summed E-state index contributed by atoms with van der Waals surface area (Å²) in [7, 11) is 0. The molecule has 66 valence electrons. The van der Waals surface area contributed by atoms with E-state index >= 15 is 0 Å². The van der Waals surface area contributed by atoms with Gasteiger partial charge in [0.1, 0.15) is 0 Å². The van der Waals surface area contributed by atoms with Crippen molar-refractivity contribution in [3.8, 4) is 11.1 Å². The lowest BCUT2D eigenvalue weighted by molar-refractivity contribution is 1.41. The van der Waals surface area contributed by atoms with Crippen molar-refractivity contribution in [3.63, 3.8) is 0 Å². The van der Waals surface area contributed by atoms with E-state index in [9.17, 15) is 0 Å². The zero-order chi connectivity index (χ0) is 9.26. The van der Waals surface area contributed by atoms with E-state index in [1.807, 2.05) is 36.7 Å². The molecule has 0 saturated heterocycles. The van der Waals surface area contributed by atoms with Gasteiger partial charge in [-0.15, -0.1) is 0 Å². The Bertz CT molecular complexity index is 409. The average Bonchev–Trinajstić information content (AvgIpc) is 2.61. The standard InChI is InChI=1S/C10H7BrClN/c11-8-1-2-10(12)9(5-8)7-3-4-13-6-7/h1-6,13H. The number of halogens is 2. The molecule has 1 N–H and O–H groups in total. The van der Waals surface area contributed by atoms with Crippen molar-refractivity contribution in [2.45, 2.75) is 0 Å². The number of aromatic amines is 1. The molecule has 1 aromatic carbocycles. The lowest BCUT2D eigenvalue weighted by Gasteiger charge is -2.01. The quantitative estimate of drug-likeness (QED) is 0.791. The van der Waals surface area contributed by atoms with Crippen LogP contribution in [0.3, 0.4) is 0 Å². The molecule has 0 spiro atoms. The average molecular weight is 257 g/mol. The van der Waals surface area contributed by atoms with Crippen LogP contribution in [0.25, 0.3) is 11.1 Å². The molecule has 0 fully saturated rings. The van der Waals surface area contributed by atoms with Crippen molar-refractivity contribution in [3.05, 3.63) is 46.2 Å². The SMILES string of the molecule is Clc1ccc(Br)cc1-c1cc[nH]c1. The Hall–Kier alpha value is -0.730. The first-order valence-corrected chi connectivity index (χ1v) is 5.02. The maximum Gasteiger partial charge on any atom is 0.0485 e. The van der Waals surface area contributed by atoms with Crippen LogP contribution in [0.5, 0.6) is 0 Å². The maximum atomic E-state index is 6.05. The number of hydrogen-bond acceptors (Lipinski definition) is 0. The number of rotatable bonds is 1. The molecule has 0 radical (unpaired) electrons. The summed E-state index contributed by atoms with van der Waals surface area (Å²) in [6, 6.07) is 7.81. The minimum absolute atomic E-state index is 0.766. The molecule has 0 aliphatic heterocycles. The highest BCUT2D eigenvalue weighted by Crippen LogP contribution is 2.30. The van der Waals surface area contributed by atoms with Gasteiger partial charge in [0.15, 0.2) is 0 Å². The third-order valence-corrected chi connectivity index (χ3v) is 2.66. The normalized spacial score (nSPS) is 10.3. The topological polar surface area (TPSA) is 15.8 Å². The van der Waals surface area contributed by atoms with Crippen LogP contribution in [0.2, 0.25) is 5.02 Å². The summed E-state index contributed by atoms with van der Waals surface area (Å²) in [5.41, 5.74) is 2.14. The summed E-state index contributed by atoms with van der Waals surface area (Å²) < 4.78 is 1.04. The molecule has 2 aromatic rings. The van der Waals surface area contributed by atoms with E-state index in [-0.39, 0.29) is 0 Å². The van der Waals surface area contributed by atoms with Gasteiger partial charge in [-0.1, -0.05) is 27.5 Å². The molecule has 1 heterocycles. The van der Waals surface area contributed by atoms with E-state index < -0.39 is 0 Å². The van der Waals surface area contributed by atoms with Crippen molar-refractivity contribution < 1.29 is 0 Å². The van der Waals surface area contributed by atoms with Crippen molar-refractivity contribution in [1.29, 1.82) is 0 Å². The Balaban J connectivity index is 2.57. The first kappa shape index (κ1) is 8.85. The van der Waals surface area contributed by atoms with Crippen LogP contribution in [-0.4, -0.2) is 4.98 Å². The van der Waals surface area contributed by atoms with Crippen LogP contribution in [0, 0.1) is 0 Å². The van der Waals surface area contributed by atoms with Crippen LogP contribution in [0.4, 0.5) is 0 Å². The minimum atomic E-state index is 0.766. The molecule has 2 rings (SSSR count). The van der Waals surface area contributed by atoms with Gasteiger partial charge in [-0.2, -0.15) is 0 Å². The van der Waals surface area contributed by atoms with Gasteiger partial charge in [0, 0.05) is 33.0 Å².